The minimum atomic E-state index is -0.394. The summed E-state index contributed by atoms with van der Waals surface area (Å²) < 4.78 is 8.04. The minimum absolute atomic E-state index is 0.0742. The van der Waals surface area contributed by atoms with Gasteiger partial charge in [0.15, 0.2) is 5.76 Å². The van der Waals surface area contributed by atoms with E-state index in [9.17, 15) is 14.7 Å². The number of fused-ring (bicyclic) bond motifs is 4. The SMILES string of the molecule is O=c1cc(CN2C[C@@H]3C[C@@H](C2)c2cccc(=O)n2C3)oc(CN2CCN(Cc3cccc(Cl)c3)CC2)c1O. The van der Waals surface area contributed by atoms with Crippen LogP contribution >= 0.6 is 11.6 Å². The van der Waals surface area contributed by atoms with Crippen molar-refractivity contribution < 1.29 is 9.52 Å². The van der Waals surface area contributed by atoms with Crippen molar-refractivity contribution in [2.75, 3.05) is 39.3 Å². The number of piperidine rings is 1. The lowest BCUT2D eigenvalue weighted by Gasteiger charge is -2.42. The predicted octanol–water partition coefficient (Wildman–Crippen LogP) is 3.10. The summed E-state index contributed by atoms with van der Waals surface area (Å²) in [5, 5.41) is 11.2. The topological polar surface area (TPSA) is 82.2 Å². The van der Waals surface area contributed by atoms with Gasteiger partial charge in [0.05, 0.1) is 13.1 Å². The zero-order valence-electron chi connectivity index (χ0n) is 21.4. The number of pyridine rings is 1. The molecule has 200 valence electrons. The third-order valence-electron chi connectivity index (χ3n) is 8.11. The summed E-state index contributed by atoms with van der Waals surface area (Å²) in [5.74, 6) is 1.31. The Morgan fingerprint density at radius 1 is 0.868 bits per heavy atom. The highest BCUT2D eigenvalue weighted by molar-refractivity contribution is 6.30. The molecule has 1 aromatic carbocycles. The lowest BCUT2D eigenvalue weighted by molar-refractivity contribution is 0.100. The van der Waals surface area contributed by atoms with Gasteiger partial charge in [0.2, 0.25) is 11.2 Å². The van der Waals surface area contributed by atoms with Gasteiger partial charge >= 0.3 is 0 Å². The first-order chi connectivity index (χ1) is 18.4. The summed E-state index contributed by atoms with van der Waals surface area (Å²) in [7, 11) is 0. The van der Waals surface area contributed by atoms with Gasteiger partial charge in [0, 0.05) is 81.1 Å². The molecule has 1 N–H and O–H groups in total. The molecular formula is C29H33ClN4O4. The molecule has 2 aromatic heterocycles. The Morgan fingerprint density at radius 2 is 1.63 bits per heavy atom. The van der Waals surface area contributed by atoms with E-state index >= 15 is 0 Å². The molecule has 0 saturated carbocycles. The highest BCUT2D eigenvalue weighted by atomic mass is 35.5. The second-order valence-electron chi connectivity index (χ2n) is 10.9. The van der Waals surface area contributed by atoms with Crippen LogP contribution < -0.4 is 11.0 Å². The minimum Gasteiger partial charge on any atom is -0.502 e. The molecule has 0 aliphatic carbocycles. The van der Waals surface area contributed by atoms with Crippen LogP contribution in [0.3, 0.4) is 0 Å². The zero-order valence-corrected chi connectivity index (χ0v) is 22.1. The van der Waals surface area contributed by atoms with Crippen molar-refractivity contribution in [3.8, 4) is 5.75 Å². The Balaban J connectivity index is 1.09. The first-order valence-electron chi connectivity index (χ1n) is 13.4. The molecular weight excluding hydrogens is 504 g/mol. The number of piperazine rings is 1. The summed E-state index contributed by atoms with van der Waals surface area (Å²) in [5.41, 5.74) is 1.97. The van der Waals surface area contributed by atoms with Crippen molar-refractivity contribution >= 4 is 11.6 Å². The zero-order chi connectivity index (χ0) is 26.2. The molecule has 8 nitrogen and oxygen atoms in total. The average molecular weight is 537 g/mol. The molecule has 5 heterocycles. The number of rotatable bonds is 6. The van der Waals surface area contributed by atoms with Gasteiger partial charge in [-0.05, 0) is 36.1 Å². The fourth-order valence-electron chi connectivity index (χ4n) is 6.32. The standard InChI is InChI=1S/C29H33ClN4O4/c30-23-4-1-3-20(12-23)14-31-7-9-32(10-8-31)19-27-29(37)26(35)13-24(38-27)18-33-15-21-11-22(17-33)25-5-2-6-28(36)34(25)16-21/h1-6,12-13,21-22,37H,7-11,14-19H2/t21-,22-/m0/s1. The van der Waals surface area contributed by atoms with Crippen molar-refractivity contribution in [3.05, 3.63) is 96.9 Å². The summed E-state index contributed by atoms with van der Waals surface area (Å²) in [4.78, 5) is 31.8. The molecule has 2 bridgehead atoms. The Bertz CT molecular complexity index is 1430. The molecule has 3 aliphatic heterocycles. The van der Waals surface area contributed by atoms with Crippen molar-refractivity contribution in [1.82, 2.24) is 19.3 Å². The highest BCUT2D eigenvalue weighted by Crippen LogP contribution is 2.35. The van der Waals surface area contributed by atoms with Crippen LogP contribution in [-0.4, -0.2) is 63.6 Å². The van der Waals surface area contributed by atoms with Gasteiger partial charge in [-0.3, -0.25) is 24.3 Å². The van der Waals surface area contributed by atoms with Gasteiger partial charge in [0.1, 0.15) is 5.76 Å². The van der Waals surface area contributed by atoms with Gasteiger partial charge in [-0.25, -0.2) is 0 Å². The molecule has 3 aliphatic rings. The maximum atomic E-state index is 12.6. The summed E-state index contributed by atoms with van der Waals surface area (Å²) in [6, 6.07) is 14.9. The fraction of sp³-hybridized carbons (Fsp3) is 0.448. The van der Waals surface area contributed by atoms with Crippen molar-refractivity contribution in [1.29, 1.82) is 0 Å². The number of likely N-dealkylation sites (tertiary alicyclic amines) is 1. The molecule has 0 amide bonds. The molecule has 38 heavy (non-hydrogen) atoms. The lowest BCUT2D eigenvalue weighted by Crippen LogP contribution is -2.46. The Morgan fingerprint density at radius 3 is 2.42 bits per heavy atom. The van der Waals surface area contributed by atoms with E-state index in [1.54, 1.807) is 6.07 Å². The monoisotopic (exact) mass is 536 g/mol. The number of nitrogens with zero attached hydrogens (tertiary/aromatic N) is 4. The summed E-state index contributed by atoms with van der Waals surface area (Å²) in [6.07, 6.45) is 1.08. The van der Waals surface area contributed by atoms with Crippen LogP contribution in [0, 0.1) is 5.92 Å². The lowest BCUT2D eigenvalue weighted by atomic mass is 9.83. The first-order valence-corrected chi connectivity index (χ1v) is 13.7. The number of aromatic hydroxyl groups is 1. The smallest absolute Gasteiger partial charge is 0.250 e. The van der Waals surface area contributed by atoms with E-state index in [0.29, 0.717) is 36.4 Å². The number of hydrogen-bond donors (Lipinski definition) is 1. The fourth-order valence-corrected chi connectivity index (χ4v) is 6.53. The van der Waals surface area contributed by atoms with Gasteiger partial charge in [0.25, 0.3) is 5.56 Å². The summed E-state index contributed by atoms with van der Waals surface area (Å²) >= 11 is 6.13. The number of aromatic nitrogens is 1. The van der Waals surface area contributed by atoms with E-state index in [1.807, 2.05) is 28.8 Å². The maximum Gasteiger partial charge on any atom is 0.250 e. The highest BCUT2D eigenvalue weighted by Gasteiger charge is 2.34. The van der Waals surface area contributed by atoms with E-state index in [2.05, 4.69) is 26.8 Å². The predicted molar refractivity (Wildman–Crippen MR) is 145 cm³/mol. The number of halogens is 1. The largest absolute Gasteiger partial charge is 0.502 e. The van der Waals surface area contributed by atoms with Crippen LogP contribution in [0.2, 0.25) is 5.02 Å². The second kappa shape index (κ2) is 10.7. The van der Waals surface area contributed by atoms with Gasteiger partial charge in [-0.1, -0.05) is 29.8 Å². The Hall–Kier alpha value is -2.91. The number of benzene rings is 1. The number of hydrogen-bond acceptors (Lipinski definition) is 7. The van der Waals surface area contributed by atoms with Crippen LogP contribution in [0.5, 0.6) is 5.75 Å². The third-order valence-corrected chi connectivity index (χ3v) is 8.34. The Kier molecular flexibility index (Phi) is 7.14. The molecule has 6 rings (SSSR count). The molecule has 2 atom stereocenters. The third kappa shape index (κ3) is 5.45. The van der Waals surface area contributed by atoms with Crippen LogP contribution in [0.1, 0.15) is 35.1 Å². The van der Waals surface area contributed by atoms with Gasteiger partial charge < -0.3 is 14.1 Å². The van der Waals surface area contributed by atoms with Gasteiger partial charge in [-0.15, -0.1) is 0 Å². The first kappa shape index (κ1) is 25.4. The van der Waals surface area contributed by atoms with Crippen molar-refractivity contribution in [3.63, 3.8) is 0 Å². The molecule has 0 radical (unpaired) electrons. The van der Waals surface area contributed by atoms with Crippen LogP contribution in [0.25, 0.3) is 0 Å². The molecule has 2 saturated heterocycles. The van der Waals surface area contributed by atoms with E-state index in [-0.39, 0.29) is 11.3 Å². The second-order valence-corrected chi connectivity index (χ2v) is 11.4. The van der Waals surface area contributed by atoms with E-state index < -0.39 is 5.43 Å². The quantitative estimate of drug-likeness (QED) is 0.518. The molecule has 0 unspecified atom stereocenters. The average Bonchev–Trinajstić information content (AvgIpc) is 2.89. The molecule has 0 spiro atoms. The molecule has 2 fully saturated rings. The van der Waals surface area contributed by atoms with E-state index in [4.69, 9.17) is 16.0 Å². The normalized spacial score (nSPS) is 22.3. The van der Waals surface area contributed by atoms with E-state index in [1.165, 1.54) is 11.6 Å². The summed E-state index contributed by atoms with van der Waals surface area (Å²) in [6.45, 7) is 7.58. The van der Waals surface area contributed by atoms with Crippen molar-refractivity contribution in [2.24, 2.45) is 5.92 Å². The Labute approximate surface area is 226 Å². The van der Waals surface area contributed by atoms with E-state index in [0.717, 1.165) is 69.5 Å². The maximum absolute atomic E-state index is 12.6. The molecule has 3 aromatic rings. The van der Waals surface area contributed by atoms with Gasteiger partial charge in [-0.2, -0.15) is 0 Å². The van der Waals surface area contributed by atoms with Crippen LogP contribution in [-0.2, 0) is 26.2 Å². The molecule has 9 heteroatoms. The van der Waals surface area contributed by atoms with Crippen LogP contribution in [0.15, 0.2) is 62.5 Å². The van der Waals surface area contributed by atoms with Crippen LogP contribution in [0.4, 0.5) is 0 Å². The van der Waals surface area contributed by atoms with Crippen molar-refractivity contribution in [2.45, 2.75) is 38.5 Å².